The van der Waals surface area contributed by atoms with E-state index in [9.17, 15) is 9.90 Å². The van der Waals surface area contributed by atoms with Crippen molar-refractivity contribution in [2.24, 2.45) is 5.92 Å². The number of nitrogens with zero attached hydrogens (tertiary/aromatic N) is 2. The fourth-order valence-electron chi connectivity index (χ4n) is 2.40. The summed E-state index contributed by atoms with van der Waals surface area (Å²) in [5, 5.41) is 10.0. The summed E-state index contributed by atoms with van der Waals surface area (Å²) in [6.45, 7) is 3.16. The lowest BCUT2D eigenvalue weighted by atomic mass is 9.93. The number of halogens is 1. The molecule has 5 heteroatoms. The summed E-state index contributed by atoms with van der Waals surface area (Å²) >= 11 is 5.79. The molecule has 0 bridgehead atoms. The van der Waals surface area contributed by atoms with Crippen molar-refractivity contribution >= 4 is 23.6 Å². The number of piperidine rings is 1. The van der Waals surface area contributed by atoms with E-state index in [1.807, 2.05) is 0 Å². The zero-order valence-electron chi connectivity index (χ0n) is 11.5. The molecule has 20 heavy (non-hydrogen) atoms. The Kier molecular flexibility index (Phi) is 5.15. The Morgan fingerprint density at radius 2 is 2.45 bits per heavy atom. The molecule has 4 nitrogen and oxygen atoms in total. The minimum atomic E-state index is -0.367. The van der Waals surface area contributed by atoms with Gasteiger partial charge in [-0.05, 0) is 43.5 Å². The van der Waals surface area contributed by atoms with Gasteiger partial charge in [0.15, 0.2) is 0 Å². The molecule has 1 aliphatic heterocycles. The van der Waals surface area contributed by atoms with E-state index in [2.05, 4.69) is 4.98 Å². The molecule has 0 radical (unpaired) electrons. The fourth-order valence-corrected chi connectivity index (χ4v) is 2.58. The van der Waals surface area contributed by atoms with Gasteiger partial charge in [0.25, 0.3) is 0 Å². The first-order chi connectivity index (χ1) is 9.56. The van der Waals surface area contributed by atoms with Crippen molar-refractivity contribution in [2.45, 2.75) is 25.9 Å². The lowest BCUT2D eigenvalue weighted by Crippen LogP contribution is -2.42. The van der Waals surface area contributed by atoms with Crippen molar-refractivity contribution < 1.29 is 9.90 Å². The number of hydrogen-bond donors (Lipinski definition) is 1. The molecule has 0 saturated carbocycles. The molecule has 2 heterocycles. The third kappa shape index (κ3) is 4.05. The molecule has 2 atom stereocenters. The standard InChI is InChI=1S/C15H19ClN2O2/c1-11(19)13-3-2-8-18(10-13)15(20)5-4-12-6-7-17-14(16)9-12/h4-7,9,11,13,19H,2-3,8,10H2,1H3/b5-4+. The van der Waals surface area contributed by atoms with Gasteiger partial charge in [-0.25, -0.2) is 4.98 Å². The molecule has 0 aromatic carbocycles. The van der Waals surface area contributed by atoms with Gasteiger partial charge in [-0.3, -0.25) is 4.79 Å². The summed E-state index contributed by atoms with van der Waals surface area (Å²) in [5.41, 5.74) is 0.849. The molecule has 2 unspecified atom stereocenters. The van der Waals surface area contributed by atoms with Crippen LogP contribution in [0.5, 0.6) is 0 Å². The van der Waals surface area contributed by atoms with Gasteiger partial charge in [0.1, 0.15) is 5.15 Å². The zero-order valence-corrected chi connectivity index (χ0v) is 12.3. The first-order valence-electron chi connectivity index (χ1n) is 6.83. The van der Waals surface area contributed by atoms with Crippen LogP contribution in [0.1, 0.15) is 25.3 Å². The number of aliphatic hydroxyl groups is 1. The van der Waals surface area contributed by atoms with Crippen LogP contribution in [0.25, 0.3) is 6.08 Å². The van der Waals surface area contributed by atoms with Crippen LogP contribution in [0.3, 0.4) is 0 Å². The van der Waals surface area contributed by atoms with Gasteiger partial charge in [0, 0.05) is 31.3 Å². The van der Waals surface area contributed by atoms with Gasteiger partial charge < -0.3 is 10.0 Å². The third-order valence-electron chi connectivity index (χ3n) is 3.62. The van der Waals surface area contributed by atoms with E-state index >= 15 is 0 Å². The topological polar surface area (TPSA) is 53.4 Å². The summed E-state index contributed by atoms with van der Waals surface area (Å²) in [6, 6.07) is 3.50. The smallest absolute Gasteiger partial charge is 0.246 e. The number of aliphatic hydroxyl groups excluding tert-OH is 1. The lowest BCUT2D eigenvalue weighted by Gasteiger charge is -2.33. The van der Waals surface area contributed by atoms with E-state index in [0.29, 0.717) is 11.7 Å². The van der Waals surface area contributed by atoms with Crippen molar-refractivity contribution in [2.75, 3.05) is 13.1 Å². The Hall–Kier alpha value is -1.39. The van der Waals surface area contributed by atoms with Gasteiger partial charge in [-0.1, -0.05) is 11.6 Å². The van der Waals surface area contributed by atoms with E-state index in [4.69, 9.17) is 11.6 Å². The van der Waals surface area contributed by atoms with E-state index < -0.39 is 0 Å². The average molecular weight is 295 g/mol. The molecule has 1 aromatic rings. The van der Waals surface area contributed by atoms with Gasteiger partial charge >= 0.3 is 0 Å². The number of amides is 1. The summed E-state index contributed by atoms with van der Waals surface area (Å²) in [7, 11) is 0. The number of hydrogen-bond acceptors (Lipinski definition) is 3. The second kappa shape index (κ2) is 6.86. The minimum Gasteiger partial charge on any atom is -0.393 e. The van der Waals surface area contributed by atoms with Crippen molar-refractivity contribution in [3.05, 3.63) is 35.1 Å². The van der Waals surface area contributed by atoms with Crippen LogP contribution in [0.4, 0.5) is 0 Å². The van der Waals surface area contributed by atoms with Gasteiger partial charge in [-0.2, -0.15) is 0 Å². The van der Waals surface area contributed by atoms with Crippen LogP contribution in [-0.2, 0) is 4.79 Å². The summed E-state index contributed by atoms with van der Waals surface area (Å²) in [6.07, 6.45) is 6.45. The molecule has 2 rings (SSSR count). The Morgan fingerprint density at radius 1 is 1.65 bits per heavy atom. The van der Waals surface area contributed by atoms with Gasteiger partial charge in [0.2, 0.25) is 5.91 Å². The highest BCUT2D eigenvalue weighted by Gasteiger charge is 2.25. The fraction of sp³-hybridized carbons (Fsp3) is 0.467. The molecule has 1 amide bonds. The number of carbonyl (C=O) groups excluding carboxylic acids is 1. The monoisotopic (exact) mass is 294 g/mol. The normalized spacial score (nSPS) is 21.1. The number of carbonyl (C=O) groups is 1. The van der Waals surface area contributed by atoms with Crippen LogP contribution >= 0.6 is 11.6 Å². The second-order valence-electron chi connectivity index (χ2n) is 5.17. The maximum atomic E-state index is 12.1. The Labute approximate surface area is 124 Å². The quantitative estimate of drug-likeness (QED) is 0.688. The maximum absolute atomic E-state index is 12.1. The van der Waals surface area contributed by atoms with E-state index in [1.54, 1.807) is 42.3 Å². The number of aromatic nitrogens is 1. The summed E-state index contributed by atoms with van der Waals surface area (Å²) in [4.78, 5) is 17.8. The molecule has 1 N–H and O–H groups in total. The van der Waals surface area contributed by atoms with Gasteiger partial charge in [0.05, 0.1) is 6.10 Å². The Bertz CT molecular complexity index is 502. The van der Waals surface area contributed by atoms with Gasteiger partial charge in [-0.15, -0.1) is 0 Å². The molecule has 1 aliphatic rings. The highest BCUT2D eigenvalue weighted by atomic mass is 35.5. The molecule has 0 spiro atoms. The third-order valence-corrected chi connectivity index (χ3v) is 3.83. The highest BCUT2D eigenvalue weighted by Crippen LogP contribution is 2.20. The molecular weight excluding hydrogens is 276 g/mol. The van der Waals surface area contributed by atoms with E-state index in [-0.39, 0.29) is 17.9 Å². The largest absolute Gasteiger partial charge is 0.393 e. The summed E-state index contributed by atoms with van der Waals surface area (Å²) in [5.74, 6) is 0.153. The van der Waals surface area contributed by atoms with E-state index in [1.165, 1.54) is 0 Å². The lowest BCUT2D eigenvalue weighted by molar-refractivity contribution is -0.128. The molecule has 1 saturated heterocycles. The number of rotatable bonds is 3. The van der Waals surface area contributed by atoms with Crippen molar-refractivity contribution in [1.82, 2.24) is 9.88 Å². The minimum absolute atomic E-state index is 0.0247. The second-order valence-corrected chi connectivity index (χ2v) is 5.56. The van der Waals surface area contributed by atoms with Crippen molar-refractivity contribution in [3.8, 4) is 0 Å². The van der Waals surface area contributed by atoms with Crippen LogP contribution in [0.15, 0.2) is 24.4 Å². The first-order valence-corrected chi connectivity index (χ1v) is 7.20. The number of pyridine rings is 1. The molecule has 0 aliphatic carbocycles. The van der Waals surface area contributed by atoms with Crippen molar-refractivity contribution in [1.29, 1.82) is 0 Å². The molecule has 108 valence electrons. The zero-order chi connectivity index (χ0) is 14.5. The van der Waals surface area contributed by atoms with Crippen LogP contribution < -0.4 is 0 Å². The summed E-state index contributed by atoms with van der Waals surface area (Å²) < 4.78 is 0. The predicted octanol–water partition coefficient (Wildman–Crippen LogP) is 2.37. The first kappa shape index (κ1) is 15.0. The molecular formula is C15H19ClN2O2. The predicted molar refractivity (Wildman–Crippen MR) is 79.3 cm³/mol. The maximum Gasteiger partial charge on any atom is 0.246 e. The van der Waals surface area contributed by atoms with Crippen LogP contribution in [0, 0.1) is 5.92 Å². The van der Waals surface area contributed by atoms with Crippen LogP contribution in [0.2, 0.25) is 5.15 Å². The Balaban J connectivity index is 1.97. The molecule has 1 fully saturated rings. The number of likely N-dealkylation sites (tertiary alicyclic amines) is 1. The van der Waals surface area contributed by atoms with E-state index in [0.717, 1.165) is 24.9 Å². The average Bonchev–Trinajstić information content (AvgIpc) is 2.45. The van der Waals surface area contributed by atoms with Crippen LogP contribution in [-0.4, -0.2) is 40.1 Å². The van der Waals surface area contributed by atoms with Crippen molar-refractivity contribution in [3.63, 3.8) is 0 Å². The highest BCUT2D eigenvalue weighted by molar-refractivity contribution is 6.29. The molecule has 1 aromatic heterocycles. The SMILES string of the molecule is CC(O)C1CCCN(C(=O)/C=C/c2ccnc(Cl)c2)C1. The Morgan fingerprint density at radius 3 is 3.15 bits per heavy atom.